The molecule has 6 heteroatoms. The van der Waals surface area contributed by atoms with Crippen molar-refractivity contribution < 1.29 is 9.59 Å². The topological polar surface area (TPSA) is 83.5 Å². The minimum Gasteiger partial charge on any atom is -0.321 e. The second kappa shape index (κ2) is 10.2. The first-order valence-corrected chi connectivity index (χ1v) is 10.4. The monoisotopic (exact) mass is 434 g/mol. The van der Waals surface area contributed by atoms with E-state index in [-0.39, 0.29) is 5.91 Å². The Kier molecular flexibility index (Phi) is 6.66. The average Bonchev–Trinajstić information content (AvgIpc) is 2.87. The van der Waals surface area contributed by atoms with Crippen LogP contribution in [-0.4, -0.2) is 22.5 Å². The van der Waals surface area contributed by atoms with Gasteiger partial charge in [0.2, 0.25) is 0 Å². The van der Waals surface area contributed by atoms with Crippen LogP contribution in [0, 0.1) is 6.92 Å². The number of aromatic nitrogens is 1. The summed E-state index contributed by atoms with van der Waals surface area (Å²) in [5.41, 5.74) is 7.03. The first-order chi connectivity index (χ1) is 16.1. The zero-order valence-electron chi connectivity index (χ0n) is 18.0. The van der Waals surface area contributed by atoms with Crippen LogP contribution in [0.2, 0.25) is 0 Å². The Labute approximate surface area is 192 Å². The van der Waals surface area contributed by atoms with Gasteiger partial charge >= 0.3 is 0 Å². The van der Waals surface area contributed by atoms with Gasteiger partial charge in [-0.3, -0.25) is 14.6 Å². The maximum absolute atomic E-state index is 13.1. The Morgan fingerprint density at radius 3 is 1.91 bits per heavy atom. The second-order valence-electron chi connectivity index (χ2n) is 7.32. The summed E-state index contributed by atoms with van der Waals surface area (Å²) >= 11 is 0. The summed E-state index contributed by atoms with van der Waals surface area (Å²) < 4.78 is 0. The van der Waals surface area contributed by atoms with Crippen LogP contribution in [0.1, 0.15) is 37.4 Å². The third-order valence-corrected chi connectivity index (χ3v) is 5.06. The largest absolute Gasteiger partial charge is 0.321 e. The lowest BCUT2D eigenvalue weighted by atomic mass is 10.0. The maximum atomic E-state index is 13.1. The zero-order chi connectivity index (χ0) is 23.0. The lowest BCUT2D eigenvalue weighted by Gasteiger charge is -2.14. The summed E-state index contributed by atoms with van der Waals surface area (Å²) in [6, 6.07) is 27.8. The highest BCUT2D eigenvalue weighted by atomic mass is 16.2. The molecule has 4 aromatic rings. The van der Waals surface area contributed by atoms with Gasteiger partial charge in [0.25, 0.3) is 11.8 Å². The molecule has 0 saturated carbocycles. The molecule has 33 heavy (non-hydrogen) atoms. The number of carbonyl (C=O) groups is 2. The Morgan fingerprint density at radius 2 is 1.30 bits per heavy atom. The van der Waals surface area contributed by atoms with Crippen LogP contribution >= 0.6 is 0 Å². The molecule has 1 aromatic heterocycles. The number of hydrogen-bond donors (Lipinski definition) is 2. The van der Waals surface area contributed by atoms with E-state index in [1.54, 1.807) is 36.7 Å². The maximum Gasteiger partial charge on any atom is 0.273 e. The van der Waals surface area contributed by atoms with Crippen molar-refractivity contribution in [2.24, 2.45) is 5.10 Å². The highest BCUT2D eigenvalue weighted by molar-refractivity contribution is 6.14. The van der Waals surface area contributed by atoms with Crippen LogP contribution in [0.5, 0.6) is 0 Å². The smallest absolute Gasteiger partial charge is 0.273 e. The Balaban J connectivity index is 1.63. The number of anilines is 1. The molecule has 0 aliphatic carbocycles. The van der Waals surface area contributed by atoms with Crippen LogP contribution in [0.4, 0.5) is 5.69 Å². The number of nitrogens with zero attached hydrogens (tertiary/aromatic N) is 2. The van der Waals surface area contributed by atoms with Crippen molar-refractivity contribution in [1.82, 2.24) is 10.4 Å². The van der Waals surface area contributed by atoms with Crippen molar-refractivity contribution in [1.29, 1.82) is 0 Å². The summed E-state index contributed by atoms with van der Waals surface area (Å²) in [5.74, 6) is -0.744. The first kappa shape index (κ1) is 21.6. The Bertz CT molecular complexity index is 1250. The van der Waals surface area contributed by atoms with Gasteiger partial charge in [-0.25, -0.2) is 5.43 Å². The van der Waals surface area contributed by atoms with Gasteiger partial charge < -0.3 is 5.32 Å². The van der Waals surface area contributed by atoms with Crippen molar-refractivity contribution in [2.45, 2.75) is 6.92 Å². The van der Waals surface area contributed by atoms with Crippen LogP contribution in [-0.2, 0) is 0 Å². The molecule has 4 rings (SSSR count). The minimum atomic E-state index is -0.423. The third kappa shape index (κ3) is 5.19. The molecule has 2 N–H and O–H groups in total. The summed E-state index contributed by atoms with van der Waals surface area (Å²) in [4.78, 5) is 29.7. The molecule has 3 aromatic carbocycles. The van der Waals surface area contributed by atoms with Crippen LogP contribution in [0.3, 0.4) is 0 Å². The molecule has 0 bridgehead atoms. The summed E-state index contributed by atoms with van der Waals surface area (Å²) in [6.07, 6.45) is 3.09. The Hall–Kier alpha value is -4.58. The molecule has 0 aliphatic heterocycles. The number of amides is 2. The number of carbonyl (C=O) groups excluding carboxylic acids is 2. The molecule has 2 amide bonds. The fourth-order valence-corrected chi connectivity index (χ4v) is 3.37. The van der Waals surface area contributed by atoms with E-state index in [1.165, 1.54) is 0 Å². The van der Waals surface area contributed by atoms with E-state index in [4.69, 9.17) is 0 Å². The highest BCUT2D eigenvalue weighted by Crippen LogP contribution is 2.22. The number of rotatable bonds is 6. The number of hydrazone groups is 1. The predicted octanol–water partition coefficient (Wildman–Crippen LogP) is 4.82. The minimum absolute atomic E-state index is 0.321. The number of para-hydroxylation sites is 1. The van der Waals surface area contributed by atoms with Gasteiger partial charge in [-0.05, 0) is 30.7 Å². The van der Waals surface area contributed by atoms with E-state index >= 15 is 0 Å². The molecular weight excluding hydrogens is 412 g/mol. The molecular formula is C27H22N4O2. The van der Waals surface area contributed by atoms with E-state index in [0.717, 1.165) is 16.7 Å². The summed E-state index contributed by atoms with van der Waals surface area (Å²) in [5, 5.41) is 7.30. The fraction of sp³-hybridized carbons (Fsp3) is 0.0370. The van der Waals surface area contributed by atoms with Gasteiger partial charge in [-0.15, -0.1) is 0 Å². The molecule has 0 radical (unpaired) electrons. The summed E-state index contributed by atoms with van der Waals surface area (Å²) in [6.45, 7) is 1.83. The van der Waals surface area contributed by atoms with Gasteiger partial charge in [-0.2, -0.15) is 5.10 Å². The van der Waals surface area contributed by atoms with Crippen LogP contribution in [0.25, 0.3) is 0 Å². The van der Waals surface area contributed by atoms with E-state index in [1.807, 2.05) is 73.7 Å². The summed E-state index contributed by atoms with van der Waals surface area (Å²) in [7, 11) is 0. The van der Waals surface area contributed by atoms with E-state index < -0.39 is 5.91 Å². The number of nitrogens with one attached hydrogen (secondary N) is 2. The number of benzene rings is 3. The second-order valence-corrected chi connectivity index (χ2v) is 7.32. The highest BCUT2D eigenvalue weighted by Gasteiger charge is 2.17. The van der Waals surface area contributed by atoms with Gasteiger partial charge in [0.05, 0.1) is 17.0 Å². The molecule has 0 atom stereocenters. The quantitative estimate of drug-likeness (QED) is 0.337. The molecule has 0 saturated heterocycles. The number of pyridine rings is 1. The molecule has 0 fully saturated rings. The van der Waals surface area contributed by atoms with Gasteiger partial charge in [0, 0.05) is 29.1 Å². The van der Waals surface area contributed by atoms with Gasteiger partial charge in [0.15, 0.2) is 0 Å². The van der Waals surface area contributed by atoms with Crippen molar-refractivity contribution >= 4 is 23.2 Å². The Morgan fingerprint density at radius 1 is 0.697 bits per heavy atom. The molecule has 0 aliphatic rings. The normalized spacial score (nSPS) is 10.2. The molecule has 0 spiro atoms. The van der Waals surface area contributed by atoms with E-state index in [9.17, 15) is 9.59 Å². The van der Waals surface area contributed by atoms with E-state index in [0.29, 0.717) is 22.5 Å². The standard InChI is InChI=1S/C27H22N4O2/c1-19-9-8-14-23(24(19)29-26(32)22-15-17-28-18-16-22)27(33)31-30-25(20-10-4-2-5-11-20)21-12-6-3-7-13-21/h2-18H,1H3,(H,29,32)(H,31,33). The van der Waals surface area contributed by atoms with Crippen molar-refractivity contribution in [3.63, 3.8) is 0 Å². The van der Waals surface area contributed by atoms with Crippen molar-refractivity contribution in [2.75, 3.05) is 5.32 Å². The predicted molar refractivity (Wildman–Crippen MR) is 129 cm³/mol. The van der Waals surface area contributed by atoms with Crippen LogP contribution < -0.4 is 10.7 Å². The molecule has 1 heterocycles. The fourth-order valence-electron chi connectivity index (χ4n) is 3.37. The number of hydrogen-bond acceptors (Lipinski definition) is 4. The number of aryl methyl sites for hydroxylation is 1. The van der Waals surface area contributed by atoms with Crippen LogP contribution in [0.15, 0.2) is 108 Å². The van der Waals surface area contributed by atoms with Gasteiger partial charge in [0.1, 0.15) is 0 Å². The lowest BCUT2D eigenvalue weighted by Crippen LogP contribution is -2.23. The van der Waals surface area contributed by atoms with Crippen molar-refractivity contribution in [3.8, 4) is 0 Å². The third-order valence-electron chi connectivity index (χ3n) is 5.06. The molecule has 162 valence electrons. The SMILES string of the molecule is Cc1cccc(C(=O)NN=C(c2ccccc2)c2ccccc2)c1NC(=O)c1ccncc1. The van der Waals surface area contributed by atoms with Crippen molar-refractivity contribution in [3.05, 3.63) is 131 Å². The average molecular weight is 434 g/mol. The molecule has 0 unspecified atom stereocenters. The molecule has 6 nitrogen and oxygen atoms in total. The van der Waals surface area contributed by atoms with Gasteiger partial charge in [-0.1, -0.05) is 72.8 Å². The first-order valence-electron chi connectivity index (χ1n) is 10.4. The van der Waals surface area contributed by atoms with E-state index in [2.05, 4.69) is 20.8 Å². The lowest BCUT2D eigenvalue weighted by molar-refractivity contribution is 0.0955. The zero-order valence-corrected chi connectivity index (χ0v) is 18.0.